The van der Waals surface area contributed by atoms with Crippen molar-refractivity contribution in [2.45, 2.75) is 12.2 Å². The molecule has 0 saturated heterocycles. The van der Waals surface area contributed by atoms with Gasteiger partial charge in [-0.15, -0.1) is 0 Å². The van der Waals surface area contributed by atoms with E-state index in [9.17, 15) is 8.42 Å². The zero-order chi connectivity index (χ0) is 13.0. The quantitative estimate of drug-likeness (QED) is 0.846. The first-order chi connectivity index (χ1) is 8.65. The van der Waals surface area contributed by atoms with Crippen molar-refractivity contribution in [1.82, 2.24) is 0 Å². The molecule has 2 aromatic carbocycles. The zero-order valence-electron chi connectivity index (χ0n) is 10.3. The highest BCUT2D eigenvalue weighted by atomic mass is 32.2. The van der Waals surface area contributed by atoms with Gasteiger partial charge in [0.05, 0.1) is 0 Å². The summed E-state index contributed by atoms with van der Waals surface area (Å²) in [4.78, 5) is 0. The molecule has 0 amide bonds. The molecule has 94 valence electrons. The molecule has 3 heteroatoms. The molecule has 0 aromatic heterocycles. The Bertz CT molecular complexity index is 549. The predicted octanol–water partition coefficient (Wildman–Crippen LogP) is 3.21. The Morgan fingerprint density at radius 1 is 0.833 bits per heavy atom. The molecule has 2 aromatic rings. The van der Waals surface area contributed by atoms with E-state index in [4.69, 9.17) is 0 Å². The molecule has 0 spiro atoms. The summed E-state index contributed by atoms with van der Waals surface area (Å²) >= 11 is 0. The smallest absolute Gasteiger partial charge is 0.161 e. The van der Waals surface area contributed by atoms with Gasteiger partial charge in [0.15, 0.2) is 9.84 Å². The lowest BCUT2D eigenvalue weighted by Gasteiger charge is -2.17. The highest BCUT2D eigenvalue weighted by Crippen LogP contribution is 2.30. The molecule has 0 heterocycles. The van der Waals surface area contributed by atoms with E-state index in [1.165, 1.54) is 0 Å². The minimum atomic E-state index is -3.17. The van der Waals surface area contributed by atoms with Gasteiger partial charge in [-0.25, -0.2) is 8.42 Å². The fraction of sp³-hybridized carbons (Fsp3) is 0.200. The molecule has 18 heavy (non-hydrogen) atoms. The Morgan fingerprint density at radius 3 is 1.56 bits per heavy atom. The molecule has 0 bridgehead atoms. The van der Waals surface area contributed by atoms with E-state index in [0.717, 1.165) is 11.1 Å². The Hall–Kier alpha value is -1.61. The van der Waals surface area contributed by atoms with E-state index in [1.54, 1.807) is 6.92 Å². The van der Waals surface area contributed by atoms with Crippen molar-refractivity contribution in [2.75, 3.05) is 5.75 Å². The second-order valence-corrected chi connectivity index (χ2v) is 6.53. The lowest BCUT2D eigenvalue weighted by Crippen LogP contribution is -2.16. The van der Waals surface area contributed by atoms with Crippen LogP contribution in [0.5, 0.6) is 0 Å². The number of hydrogen-bond donors (Lipinski definition) is 0. The van der Waals surface area contributed by atoms with Crippen molar-refractivity contribution >= 4 is 9.84 Å². The van der Waals surface area contributed by atoms with Crippen molar-refractivity contribution < 1.29 is 8.42 Å². The maximum atomic E-state index is 12.3. The molecule has 2 rings (SSSR count). The molecule has 0 saturated carbocycles. The Kier molecular flexibility index (Phi) is 3.82. The van der Waals surface area contributed by atoms with Gasteiger partial charge in [0.1, 0.15) is 5.25 Å². The van der Waals surface area contributed by atoms with Crippen molar-refractivity contribution in [1.29, 1.82) is 0 Å². The van der Waals surface area contributed by atoms with Crippen LogP contribution in [0.15, 0.2) is 60.7 Å². The van der Waals surface area contributed by atoms with Crippen molar-refractivity contribution in [3.63, 3.8) is 0 Å². The standard InChI is InChI=1S/C15H16O2S/c1-2-18(16,17)15(13-9-5-3-6-10-13)14-11-7-4-8-12-14/h3-12,15H,2H2,1H3. The second kappa shape index (κ2) is 5.36. The topological polar surface area (TPSA) is 34.1 Å². The highest BCUT2D eigenvalue weighted by molar-refractivity contribution is 7.91. The number of hydrogen-bond acceptors (Lipinski definition) is 2. The third-order valence-electron chi connectivity index (χ3n) is 2.97. The van der Waals surface area contributed by atoms with Gasteiger partial charge < -0.3 is 0 Å². The van der Waals surface area contributed by atoms with Gasteiger partial charge in [0, 0.05) is 5.75 Å². The van der Waals surface area contributed by atoms with Gasteiger partial charge in [-0.05, 0) is 11.1 Å². The summed E-state index contributed by atoms with van der Waals surface area (Å²) in [5.74, 6) is 0.140. The molecule has 0 unspecified atom stereocenters. The van der Waals surface area contributed by atoms with Crippen LogP contribution in [-0.4, -0.2) is 14.2 Å². The monoisotopic (exact) mass is 260 g/mol. The molecule has 0 aliphatic heterocycles. The molecule has 0 radical (unpaired) electrons. The Labute approximate surface area is 108 Å². The average molecular weight is 260 g/mol. The minimum absolute atomic E-state index is 0.140. The lowest BCUT2D eigenvalue weighted by atomic mass is 10.0. The van der Waals surface area contributed by atoms with Gasteiger partial charge in [0.2, 0.25) is 0 Å². The highest BCUT2D eigenvalue weighted by Gasteiger charge is 2.26. The summed E-state index contributed by atoms with van der Waals surface area (Å²) in [6.45, 7) is 1.69. The number of rotatable bonds is 4. The summed E-state index contributed by atoms with van der Waals surface area (Å²) < 4.78 is 24.6. The second-order valence-electron chi connectivity index (χ2n) is 4.15. The average Bonchev–Trinajstić information content (AvgIpc) is 2.41. The first-order valence-electron chi connectivity index (χ1n) is 5.96. The van der Waals surface area contributed by atoms with Gasteiger partial charge >= 0.3 is 0 Å². The Balaban J connectivity index is 2.56. The van der Waals surface area contributed by atoms with Gasteiger partial charge in [0.25, 0.3) is 0 Å². The van der Waals surface area contributed by atoms with E-state index in [1.807, 2.05) is 60.7 Å². The van der Waals surface area contributed by atoms with Crippen LogP contribution in [0.4, 0.5) is 0 Å². The maximum Gasteiger partial charge on any atom is 0.161 e. The van der Waals surface area contributed by atoms with Crippen LogP contribution in [0, 0.1) is 0 Å². The Morgan fingerprint density at radius 2 is 1.22 bits per heavy atom. The van der Waals surface area contributed by atoms with Crippen LogP contribution in [0.25, 0.3) is 0 Å². The van der Waals surface area contributed by atoms with Crippen molar-refractivity contribution in [3.8, 4) is 0 Å². The molecule has 0 atom stereocenters. The van der Waals surface area contributed by atoms with Crippen LogP contribution >= 0.6 is 0 Å². The van der Waals surface area contributed by atoms with E-state index < -0.39 is 15.1 Å². The summed E-state index contributed by atoms with van der Waals surface area (Å²) in [5, 5.41) is -0.565. The lowest BCUT2D eigenvalue weighted by molar-refractivity contribution is 0.590. The molecule has 0 fully saturated rings. The van der Waals surface area contributed by atoms with E-state index >= 15 is 0 Å². The summed E-state index contributed by atoms with van der Waals surface area (Å²) in [5.41, 5.74) is 1.65. The molecule has 0 N–H and O–H groups in total. The summed E-state index contributed by atoms with van der Waals surface area (Å²) in [6.07, 6.45) is 0. The van der Waals surface area contributed by atoms with Gasteiger partial charge in [-0.1, -0.05) is 67.6 Å². The zero-order valence-corrected chi connectivity index (χ0v) is 11.1. The molecular formula is C15H16O2S. The maximum absolute atomic E-state index is 12.3. The van der Waals surface area contributed by atoms with E-state index in [-0.39, 0.29) is 5.75 Å². The fourth-order valence-electron chi connectivity index (χ4n) is 2.03. The first-order valence-corrected chi connectivity index (χ1v) is 7.68. The van der Waals surface area contributed by atoms with Crippen molar-refractivity contribution in [3.05, 3.63) is 71.8 Å². The summed E-state index contributed by atoms with van der Waals surface area (Å²) in [6, 6.07) is 18.7. The third kappa shape index (κ3) is 2.62. The largest absolute Gasteiger partial charge is 0.228 e. The third-order valence-corrected chi connectivity index (χ3v) is 5.03. The van der Waals surface area contributed by atoms with Crippen molar-refractivity contribution in [2.24, 2.45) is 0 Å². The first kappa shape index (κ1) is 12.8. The normalized spacial score (nSPS) is 11.7. The van der Waals surface area contributed by atoms with Crippen LogP contribution in [-0.2, 0) is 9.84 Å². The summed E-state index contributed by atoms with van der Waals surface area (Å²) in [7, 11) is -3.17. The predicted molar refractivity (Wildman–Crippen MR) is 74.2 cm³/mol. The molecule has 0 aliphatic carbocycles. The van der Waals surface area contributed by atoms with E-state index in [0.29, 0.717) is 0 Å². The van der Waals surface area contributed by atoms with Gasteiger partial charge in [-0.3, -0.25) is 0 Å². The van der Waals surface area contributed by atoms with Crippen LogP contribution in [0.1, 0.15) is 23.3 Å². The fourth-order valence-corrected chi connectivity index (χ4v) is 3.51. The van der Waals surface area contributed by atoms with Crippen LogP contribution < -0.4 is 0 Å². The SMILES string of the molecule is CCS(=O)(=O)C(c1ccccc1)c1ccccc1. The van der Waals surface area contributed by atoms with Crippen LogP contribution in [0.2, 0.25) is 0 Å². The molecule has 0 aliphatic rings. The van der Waals surface area contributed by atoms with Gasteiger partial charge in [-0.2, -0.15) is 0 Å². The molecule has 2 nitrogen and oxygen atoms in total. The number of benzene rings is 2. The van der Waals surface area contributed by atoms with Crippen LogP contribution in [0.3, 0.4) is 0 Å². The number of sulfone groups is 1. The molecular weight excluding hydrogens is 244 g/mol. The minimum Gasteiger partial charge on any atom is -0.228 e. The van der Waals surface area contributed by atoms with E-state index in [2.05, 4.69) is 0 Å².